The van der Waals surface area contributed by atoms with Gasteiger partial charge in [0.1, 0.15) is 10.8 Å². The van der Waals surface area contributed by atoms with Crippen LogP contribution in [0.25, 0.3) is 20.8 Å². The van der Waals surface area contributed by atoms with Crippen LogP contribution in [0.15, 0.2) is 54.6 Å². The van der Waals surface area contributed by atoms with Crippen LogP contribution in [0, 0.1) is 6.92 Å². The SMILES string of the molecule is C=C(C)C(=O)Oc1cccc(-c2nc3ccccc3s2)c1C. The largest absolute Gasteiger partial charge is 0.423 e. The Morgan fingerprint density at radius 2 is 1.95 bits per heavy atom. The molecular weight excluding hydrogens is 294 g/mol. The number of carbonyl (C=O) groups is 1. The van der Waals surface area contributed by atoms with E-state index in [9.17, 15) is 4.79 Å². The van der Waals surface area contributed by atoms with E-state index in [4.69, 9.17) is 4.74 Å². The number of rotatable bonds is 3. The number of thiazole rings is 1. The number of carbonyl (C=O) groups excluding carboxylic acids is 1. The molecule has 0 amide bonds. The van der Waals surface area contributed by atoms with Crippen molar-refractivity contribution in [3.63, 3.8) is 0 Å². The van der Waals surface area contributed by atoms with Crippen LogP contribution in [0.2, 0.25) is 0 Å². The second-order valence-electron chi connectivity index (χ2n) is 5.09. The fourth-order valence-electron chi connectivity index (χ4n) is 2.13. The second-order valence-corrected chi connectivity index (χ2v) is 6.12. The molecule has 1 aromatic heterocycles. The lowest BCUT2D eigenvalue weighted by atomic mass is 10.1. The molecule has 0 spiro atoms. The van der Waals surface area contributed by atoms with E-state index in [0.29, 0.717) is 11.3 Å². The molecule has 0 saturated carbocycles. The third-order valence-electron chi connectivity index (χ3n) is 3.36. The van der Waals surface area contributed by atoms with E-state index in [1.807, 2.05) is 37.3 Å². The summed E-state index contributed by atoms with van der Waals surface area (Å²) in [4.78, 5) is 16.4. The van der Waals surface area contributed by atoms with Gasteiger partial charge in [0.05, 0.1) is 10.2 Å². The lowest BCUT2D eigenvalue weighted by Crippen LogP contribution is -2.09. The first-order valence-corrected chi connectivity index (χ1v) is 7.71. The average Bonchev–Trinajstić information content (AvgIpc) is 2.92. The maximum atomic E-state index is 11.7. The maximum Gasteiger partial charge on any atom is 0.338 e. The summed E-state index contributed by atoms with van der Waals surface area (Å²) in [6.45, 7) is 7.17. The van der Waals surface area contributed by atoms with Crippen LogP contribution in [-0.4, -0.2) is 11.0 Å². The number of hydrogen-bond donors (Lipinski definition) is 0. The smallest absolute Gasteiger partial charge is 0.338 e. The van der Waals surface area contributed by atoms with Gasteiger partial charge in [-0.25, -0.2) is 9.78 Å². The highest BCUT2D eigenvalue weighted by Gasteiger charge is 2.14. The summed E-state index contributed by atoms with van der Waals surface area (Å²) in [6, 6.07) is 13.7. The van der Waals surface area contributed by atoms with E-state index in [1.54, 1.807) is 24.3 Å². The predicted molar refractivity (Wildman–Crippen MR) is 90.2 cm³/mol. The fraction of sp³-hybridized carbons (Fsp3) is 0.111. The van der Waals surface area contributed by atoms with Gasteiger partial charge in [0, 0.05) is 16.7 Å². The Kier molecular flexibility index (Phi) is 3.77. The molecule has 1 heterocycles. The van der Waals surface area contributed by atoms with Crippen LogP contribution < -0.4 is 4.74 Å². The molecule has 0 saturated heterocycles. The molecule has 22 heavy (non-hydrogen) atoms. The molecule has 110 valence electrons. The highest BCUT2D eigenvalue weighted by molar-refractivity contribution is 7.21. The van der Waals surface area contributed by atoms with E-state index in [-0.39, 0.29) is 0 Å². The van der Waals surface area contributed by atoms with Crippen molar-refractivity contribution in [2.24, 2.45) is 0 Å². The van der Waals surface area contributed by atoms with Gasteiger partial charge in [0.2, 0.25) is 0 Å². The molecule has 0 aliphatic carbocycles. The summed E-state index contributed by atoms with van der Waals surface area (Å²) in [7, 11) is 0. The first-order chi connectivity index (χ1) is 10.6. The van der Waals surface area contributed by atoms with Gasteiger partial charge in [0.25, 0.3) is 0 Å². The second kappa shape index (κ2) is 5.73. The maximum absolute atomic E-state index is 11.7. The van der Waals surface area contributed by atoms with Crippen LogP contribution >= 0.6 is 11.3 Å². The summed E-state index contributed by atoms with van der Waals surface area (Å²) in [5.74, 6) is 0.134. The third kappa shape index (κ3) is 2.65. The van der Waals surface area contributed by atoms with Crippen molar-refractivity contribution in [2.75, 3.05) is 0 Å². The molecule has 0 aliphatic rings. The standard InChI is InChI=1S/C18H15NO2S/c1-11(2)18(20)21-15-9-6-7-13(12(15)3)17-19-14-8-4-5-10-16(14)22-17/h4-10H,1H2,2-3H3. The van der Waals surface area contributed by atoms with Crippen LogP contribution in [-0.2, 0) is 4.79 Å². The van der Waals surface area contributed by atoms with Crippen molar-refractivity contribution in [2.45, 2.75) is 13.8 Å². The van der Waals surface area contributed by atoms with Crippen molar-refractivity contribution in [3.05, 3.63) is 60.2 Å². The van der Waals surface area contributed by atoms with Crippen LogP contribution in [0.4, 0.5) is 0 Å². The minimum absolute atomic E-state index is 0.379. The number of hydrogen-bond acceptors (Lipinski definition) is 4. The van der Waals surface area contributed by atoms with Gasteiger partial charge >= 0.3 is 5.97 Å². The Labute approximate surface area is 132 Å². The van der Waals surface area contributed by atoms with Gasteiger partial charge in [-0.15, -0.1) is 11.3 Å². The van der Waals surface area contributed by atoms with E-state index in [1.165, 1.54) is 0 Å². The molecule has 0 bridgehead atoms. The van der Waals surface area contributed by atoms with E-state index in [0.717, 1.165) is 26.4 Å². The molecule has 3 nitrogen and oxygen atoms in total. The molecule has 2 aromatic carbocycles. The first kappa shape index (κ1) is 14.5. The highest BCUT2D eigenvalue weighted by Crippen LogP contribution is 2.35. The lowest BCUT2D eigenvalue weighted by Gasteiger charge is -2.09. The molecule has 3 aromatic rings. The molecule has 0 fully saturated rings. The van der Waals surface area contributed by atoms with Crippen LogP contribution in [0.3, 0.4) is 0 Å². The minimum Gasteiger partial charge on any atom is -0.423 e. The summed E-state index contributed by atoms with van der Waals surface area (Å²) >= 11 is 1.63. The van der Waals surface area contributed by atoms with Crippen molar-refractivity contribution in [1.29, 1.82) is 0 Å². The molecule has 0 atom stereocenters. The summed E-state index contributed by atoms with van der Waals surface area (Å²) in [6.07, 6.45) is 0. The highest BCUT2D eigenvalue weighted by atomic mass is 32.1. The van der Waals surface area contributed by atoms with E-state index in [2.05, 4.69) is 17.6 Å². The molecule has 3 rings (SSSR count). The van der Waals surface area contributed by atoms with Crippen molar-refractivity contribution in [3.8, 4) is 16.3 Å². The summed E-state index contributed by atoms with van der Waals surface area (Å²) in [5, 5.41) is 0.923. The minimum atomic E-state index is -0.412. The Balaban J connectivity index is 2.04. The number of nitrogens with zero attached hydrogens (tertiary/aromatic N) is 1. The molecule has 0 unspecified atom stereocenters. The van der Waals surface area contributed by atoms with Gasteiger partial charge in [0.15, 0.2) is 0 Å². The Morgan fingerprint density at radius 3 is 2.68 bits per heavy atom. The number of fused-ring (bicyclic) bond motifs is 1. The van der Waals surface area contributed by atoms with Gasteiger partial charge in [-0.2, -0.15) is 0 Å². The van der Waals surface area contributed by atoms with Gasteiger partial charge < -0.3 is 4.74 Å². The number of esters is 1. The van der Waals surface area contributed by atoms with E-state index >= 15 is 0 Å². The van der Waals surface area contributed by atoms with Gasteiger partial charge in [-0.3, -0.25) is 0 Å². The fourth-order valence-corrected chi connectivity index (χ4v) is 3.18. The van der Waals surface area contributed by atoms with Crippen molar-refractivity contribution >= 4 is 27.5 Å². The first-order valence-electron chi connectivity index (χ1n) is 6.89. The zero-order chi connectivity index (χ0) is 15.7. The summed E-state index contributed by atoms with van der Waals surface area (Å²) < 4.78 is 6.52. The monoisotopic (exact) mass is 309 g/mol. The van der Waals surface area contributed by atoms with Gasteiger partial charge in [-0.1, -0.05) is 30.8 Å². The van der Waals surface area contributed by atoms with Crippen molar-refractivity contribution < 1.29 is 9.53 Å². The van der Waals surface area contributed by atoms with E-state index < -0.39 is 5.97 Å². The molecule has 0 N–H and O–H groups in total. The molecular formula is C18H15NO2S. The number of aromatic nitrogens is 1. The Morgan fingerprint density at radius 1 is 1.18 bits per heavy atom. The topological polar surface area (TPSA) is 39.2 Å². The normalized spacial score (nSPS) is 10.6. The number of benzene rings is 2. The zero-order valence-corrected chi connectivity index (χ0v) is 13.2. The van der Waals surface area contributed by atoms with Gasteiger partial charge in [-0.05, 0) is 32.0 Å². The molecule has 0 aliphatic heterocycles. The zero-order valence-electron chi connectivity index (χ0n) is 12.4. The van der Waals surface area contributed by atoms with Crippen LogP contribution in [0.1, 0.15) is 12.5 Å². The Hall–Kier alpha value is -2.46. The third-order valence-corrected chi connectivity index (χ3v) is 4.43. The Bertz CT molecular complexity index is 847. The van der Waals surface area contributed by atoms with Crippen molar-refractivity contribution in [1.82, 2.24) is 4.98 Å². The molecule has 4 heteroatoms. The predicted octanol–water partition coefficient (Wildman–Crippen LogP) is 4.75. The number of para-hydroxylation sites is 1. The molecule has 0 radical (unpaired) electrons. The number of ether oxygens (including phenoxy) is 1. The van der Waals surface area contributed by atoms with Crippen LogP contribution in [0.5, 0.6) is 5.75 Å². The summed E-state index contributed by atoms with van der Waals surface area (Å²) in [5.41, 5.74) is 3.24. The average molecular weight is 309 g/mol. The quantitative estimate of drug-likeness (QED) is 0.398. The lowest BCUT2D eigenvalue weighted by molar-refractivity contribution is -0.130.